The molecule has 0 saturated carbocycles. The lowest BCUT2D eigenvalue weighted by atomic mass is 10.0. The maximum atomic E-state index is 13.7. The van der Waals surface area contributed by atoms with E-state index in [0.717, 1.165) is 29.9 Å². The maximum absolute atomic E-state index is 13.7. The summed E-state index contributed by atoms with van der Waals surface area (Å²) in [6.07, 6.45) is 3.89. The van der Waals surface area contributed by atoms with Crippen molar-refractivity contribution in [1.29, 1.82) is 0 Å². The van der Waals surface area contributed by atoms with Gasteiger partial charge in [0.25, 0.3) is 5.91 Å². The fourth-order valence-electron chi connectivity index (χ4n) is 3.89. The van der Waals surface area contributed by atoms with Crippen molar-refractivity contribution in [1.82, 2.24) is 15.7 Å². The van der Waals surface area contributed by atoms with E-state index in [0.29, 0.717) is 24.2 Å². The molecule has 0 aliphatic rings. The van der Waals surface area contributed by atoms with Crippen molar-refractivity contribution in [3.8, 4) is 17.1 Å². The molecule has 10 heteroatoms. The van der Waals surface area contributed by atoms with Crippen LogP contribution in [0.1, 0.15) is 48.7 Å². The van der Waals surface area contributed by atoms with Gasteiger partial charge in [0.1, 0.15) is 12.4 Å². The molecule has 1 aromatic heterocycles. The molecule has 39 heavy (non-hydrogen) atoms. The van der Waals surface area contributed by atoms with Gasteiger partial charge in [0.2, 0.25) is 12.3 Å². The van der Waals surface area contributed by atoms with Crippen LogP contribution in [0, 0.1) is 11.7 Å². The van der Waals surface area contributed by atoms with Crippen molar-refractivity contribution < 1.29 is 32.8 Å². The molecule has 3 aromatic rings. The second-order valence-corrected chi connectivity index (χ2v) is 8.89. The number of nitrogens with one attached hydrogen (secondary N) is 2. The number of hydrogen-bond donors (Lipinski definition) is 2. The molecule has 208 valence electrons. The number of ether oxygens (including phenoxy) is 1. The molecule has 3 rings (SSSR count). The lowest BCUT2D eigenvalue weighted by Crippen LogP contribution is -2.43. The quantitative estimate of drug-likeness (QED) is 0.118. The van der Waals surface area contributed by atoms with E-state index in [-0.39, 0.29) is 37.2 Å². The summed E-state index contributed by atoms with van der Waals surface area (Å²) in [6, 6.07) is 16.7. The highest BCUT2D eigenvalue weighted by Gasteiger charge is 2.22. The second-order valence-electron chi connectivity index (χ2n) is 8.89. The summed E-state index contributed by atoms with van der Waals surface area (Å²) in [5.41, 5.74) is 1.45. The molecule has 0 aliphatic heterocycles. The summed E-state index contributed by atoms with van der Waals surface area (Å²) in [7, 11) is 1.36. The fourth-order valence-corrected chi connectivity index (χ4v) is 3.89. The fraction of sp³-hybridized carbons (Fsp3) is 0.345. The van der Waals surface area contributed by atoms with E-state index >= 15 is 0 Å². The zero-order valence-electron chi connectivity index (χ0n) is 22.2. The van der Waals surface area contributed by atoms with E-state index in [2.05, 4.69) is 17.6 Å². The Kier molecular flexibility index (Phi) is 11.5. The van der Waals surface area contributed by atoms with Crippen molar-refractivity contribution in [2.24, 2.45) is 5.92 Å². The van der Waals surface area contributed by atoms with Crippen molar-refractivity contribution in [2.75, 3.05) is 20.3 Å². The number of furan rings is 1. The van der Waals surface area contributed by atoms with Crippen LogP contribution in [0.15, 0.2) is 65.1 Å². The lowest BCUT2D eigenvalue weighted by molar-refractivity contribution is -0.182. The van der Waals surface area contributed by atoms with Gasteiger partial charge in [-0.1, -0.05) is 56.5 Å². The molecule has 0 aliphatic carbocycles. The number of nitrogens with zero attached hydrogens (tertiary/aromatic N) is 1. The standard InChI is InChI=1S/C29H34FN3O6/c1-3-4-6-11-23(17-33(20-34)38-18-21-9-7-5-8-10-21)28(35)31-19-32-29(36)26-15-14-25(39-26)22-12-13-24(30)27(16-22)37-2/h5,7-10,12-16,20,23H,3-4,6,11,17-19H2,1-2H3,(H,31,35)(H,32,36). The molecule has 3 amide bonds. The van der Waals surface area contributed by atoms with Crippen molar-refractivity contribution >= 4 is 18.2 Å². The average molecular weight is 540 g/mol. The van der Waals surface area contributed by atoms with E-state index < -0.39 is 17.6 Å². The number of hydrogen-bond acceptors (Lipinski definition) is 6. The first kappa shape index (κ1) is 29.4. The molecule has 0 spiro atoms. The number of unbranched alkanes of at least 4 members (excludes halogenated alkanes) is 2. The average Bonchev–Trinajstić information content (AvgIpc) is 3.45. The minimum Gasteiger partial charge on any atom is -0.494 e. The summed E-state index contributed by atoms with van der Waals surface area (Å²) in [5.74, 6) is -1.40. The van der Waals surface area contributed by atoms with Gasteiger partial charge in [-0.3, -0.25) is 19.2 Å². The molecule has 0 fully saturated rings. The third kappa shape index (κ3) is 8.96. The molecule has 1 atom stereocenters. The van der Waals surface area contributed by atoms with Gasteiger partial charge in [0, 0.05) is 5.56 Å². The minimum absolute atomic E-state index is 0.0310. The predicted octanol–water partition coefficient (Wildman–Crippen LogP) is 4.68. The molecule has 1 heterocycles. The summed E-state index contributed by atoms with van der Waals surface area (Å²) in [4.78, 5) is 42.7. The van der Waals surface area contributed by atoms with Crippen LogP contribution in [-0.2, 0) is 21.0 Å². The molecular formula is C29H34FN3O6. The molecular weight excluding hydrogens is 505 g/mol. The number of halogens is 1. The topological polar surface area (TPSA) is 110 Å². The van der Waals surface area contributed by atoms with Gasteiger partial charge in [-0.15, -0.1) is 0 Å². The van der Waals surface area contributed by atoms with E-state index in [1.165, 1.54) is 31.4 Å². The minimum atomic E-state index is -0.529. The second kappa shape index (κ2) is 15.3. The summed E-state index contributed by atoms with van der Waals surface area (Å²) in [5, 5.41) is 6.44. The zero-order valence-corrected chi connectivity index (χ0v) is 22.2. The van der Waals surface area contributed by atoms with E-state index in [1.54, 1.807) is 6.07 Å². The van der Waals surface area contributed by atoms with Crippen LogP contribution in [0.25, 0.3) is 11.3 Å². The monoisotopic (exact) mass is 539 g/mol. The van der Waals surface area contributed by atoms with Crippen molar-refractivity contribution in [2.45, 2.75) is 39.2 Å². The number of rotatable bonds is 16. The van der Waals surface area contributed by atoms with E-state index in [1.807, 2.05) is 30.3 Å². The van der Waals surface area contributed by atoms with E-state index in [4.69, 9.17) is 14.0 Å². The molecule has 1 unspecified atom stereocenters. The molecule has 2 N–H and O–H groups in total. The Morgan fingerprint density at radius 3 is 2.59 bits per heavy atom. The summed E-state index contributed by atoms with van der Waals surface area (Å²) in [6.45, 7) is 2.23. The third-order valence-corrected chi connectivity index (χ3v) is 6.06. The first-order valence-electron chi connectivity index (χ1n) is 12.8. The molecule has 0 saturated heterocycles. The Hall–Kier alpha value is -4.18. The van der Waals surface area contributed by atoms with Crippen LogP contribution in [0.5, 0.6) is 5.75 Å². The van der Waals surface area contributed by atoms with Gasteiger partial charge in [-0.05, 0) is 42.3 Å². The Balaban J connectivity index is 1.53. The Morgan fingerprint density at radius 2 is 1.87 bits per heavy atom. The third-order valence-electron chi connectivity index (χ3n) is 6.06. The van der Waals surface area contributed by atoms with Gasteiger partial charge in [-0.25, -0.2) is 9.45 Å². The van der Waals surface area contributed by atoms with Crippen LogP contribution >= 0.6 is 0 Å². The molecule has 0 radical (unpaired) electrons. The highest BCUT2D eigenvalue weighted by atomic mass is 19.1. The van der Waals surface area contributed by atoms with Gasteiger partial charge < -0.3 is 19.8 Å². The largest absolute Gasteiger partial charge is 0.494 e. The molecule has 2 aromatic carbocycles. The van der Waals surface area contributed by atoms with Crippen molar-refractivity contribution in [3.63, 3.8) is 0 Å². The van der Waals surface area contributed by atoms with Crippen LogP contribution < -0.4 is 15.4 Å². The van der Waals surface area contributed by atoms with Crippen LogP contribution in [0.2, 0.25) is 0 Å². The van der Waals surface area contributed by atoms with Gasteiger partial charge in [-0.2, -0.15) is 0 Å². The molecule has 0 bridgehead atoms. The summed E-state index contributed by atoms with van der Waals surface area (Å²) < 4.78 is 24.3. The molecule has 9 nitrogen and oxygen atoms in total. The maximum Gasteiger partial charge on any atom is 0.288 e. The normalized spacial score (nSPS) is 11.5. The lowest BCUT2D eigenvalue weighted by Gasteiger charge is -2.23. The first-order valence-corrected chi connectivity index (χ1v) is 12.8. The number of amides is 3. The van der Waals surface area contributed by atoms with Gasteiger partial charge >= 0.3 is 0 Å². The van der Waals surface area contributed by atoms with Crippen molar-refractivity contribution in [3.05, 3.63) is 77.8 Å². The number of hydroxylamine groups is 2. The van der Waals surface area contributed by atoms with E-state index in [9.17, 15) is 18.8 Å². The first-order chi connectivity index (χ1) is 18.9. The number of methoxy groups -OCH3 is 1. The van der Waals surface area contributed by atoms with Crippen LogP contribution in [-0.4, -0.2) is 43.6 Å². The number of carbonyl (C=O) groups excluding carboxylic acids is 3. The summed E-state index contributed by atoms with van der Waals surface area (Å²) >= 11 is 0. The van der Waals surface area contributed by atoms with Crippen LogP contribution in [0.4, 0.5) is 4.39 Å². The highest BCUT2D eigenvalue weighted by Crippen LogP contribution is 2.27. The number of carbonyl (C=O) groups is 3. The van der Waals surface area contributed by atoms with Gasteiger partial charge in [0.15, 0.2) is 17.3 Å². The van der Waals surface area contributed by atoms with Gasteiger partial charge in [0.05, 0.1) is 26.2 Å². The predicted molar refractivity (Wildman–Crippen MR) is 143 cm³/mol. The zero-order chi connectivity index (χ0) is 28.0. The highest BCUT2D eigenvalue weighted by molar-refractivity contribution is 5.92. The Bertz CT molecular complexity index is 1220. The smallest absolute Gasteiger partial charge is 0.288 e. The Labute approximate surface area is 227 Å². The SMILES string of the molecule is CCCCCC(CN(C=O)OCc1ccccc1)C(=O)NCNC(=O)c1ccc(-c2ccc(F)c(OC)c2)o1. The Morgan fingerprint density at radius 1 is 1.08 bits per heavy atom. The van der Waals surface area contributed by atoms with Crippen LogP contribution in [0.3, 0.4) is 0 Å². The number of benzene rings is 2.